The average Bonchev–Trinajstić information content (AvgIpc) is 2.72. The topological polar surface area (TPSA) is 106 Å². The van der Waals surface area contributed by atoms with E-state index in [1.54, 1.807) is 12.1 Å². The number of hydrogen-bond acceptors (Lipinski definition) is 4. The number of pyridine rings is 1. The number of amides is 3. The first-order valence-electron chi connectivity index (χ1n) is 9.10. The molecule has 3 aromatic rings. The number of carbonyl (C=O) groups excluding carboxylic acids is 2. The summed E-state index contributed by atoms with van der Waals surface area (Å²) in [5, 5.41) is 6.19. The van der Waals surface area contributed by atoms with Crippen LogP contribution in [0.3, 0.4) is 0 Å². The van der Waals surface area contributed by atoms with Crippen LogP contribution in [0.4, 0.5) is 10.5 Å². The second kappa shape index (κ2) is 9.28. The van der Waals surface area contributed by atoms with Gasteiger partial charge in [-0.15, -0.1) is 0 Å². The number of aromatic nitrogens is 1. The molecule has 154 valence electrons. The number of nitrogens with zero attached hydrogens (tertiary/aromatic N) is 1. The molecule has 8 heteroatoms. The van der Waals surface area contributed by atoms with E-state index in [1.807, 2.05) is 43.3 Å². The van der Waals surface area contributed by atoms with Crippen molar-refractivity contribution in [2.45, 2.75) is 13.0 Å². The standard InChI is InChI=1S/C22H21ClN4O3/c1-13-5-3-6-14(9-13)19(15-7-4-8-16(23)10-15)27-22(29)26-17-11-18(20(24)28)21(30-2)25-12-17/h3-12,19H,1-2H3,(H2,24,28)(H2,26,27,29). The molecule has 0 saturated heterocycles. The van der Waals surface area contributed by atoms with Crippen molar-refractivity contribution in [1.82, 2.24) is 10.3 Å². The predicted octanol–water partition coefficient (Wildman–Crippen LogP) is 4.06. The van der Waals surface area contributed by atoms with E-state index in [0.717, 1.165) is 16.7 Å². The number of benzene rings is 2. The van der Waals surface area contributed by atoms with Crippen molar-refractivity contribution in [2.75, 3.05) is 12.4 Å². The quantitative estimate of drug-likeness (QED) is 0.554. The molecule has 0 bridgehead atoms. The van der Waals surface area contributed by atoms with Crippen LogP contribution in [0, 0.1) is 6.92 Å². The van der Waals surface area contributed by atoms with Crippen molar-refractivity contribution < 1.29 is 14.3 Å². The molecular weight excluding hydrogens is 404 g/mol. The summed E-state index contributed by atoms with van der Waals surface area (Å²) in [6.45, 7) is 1.98. The number of urea groups is 1. The van der Waals surface area contributed by atoms with E-state index in [1.165, 1.54) is 19.4 Å². The summed E-state index contributed by atoms with van der Waals surface area (Å²) >= 11 is 6.16. The van der Waals surface area contributed by atoms with Gasteiger partial charge in [-0.1, -0.05) is 53.6 Å². The van der Waals surface area contributed by atoms with Gasteiger partial charge in [0.1, 0.15) is 5.56 Å². The first-order valence-corrected chi connectivity index (χ1v) is 9.48. The van der Waals surface area contributed by atoms with Gasteiger partial charge < -0.3 is 21.1 Å². The molecule has 1 atom stereocenters. The summed E-state index contributed by atoms with van der Waals surface area (Å²) in [6.07, 6.45) is 1.38. The minimum Gasteiger partial charge on any atom is -0.480 e. The molecule has 0 fully saturated rings. The van der Waals surface area contributed by atoms with Crippen LogP contribution >= 0.6 is 11.6 Å². The minimum atomic E-state index is -0.708. The van der Waals surface area contributed by atoms with Crippen LogP contribution in [0.5, 0.6) is 5.88 Å². The lowest BCUT2D eigenvalue weighted by molar-refractivity contribution is 0.0996. The highest BCUT2D eigenvalue weighted by molar-refractivity contribution is 6.30. The molecule has 0 radical (unpaired) electrons. The fourth-order valence-corrected chi connectivity index (χ4v) is 3.25. The molecule has 0 spiro atoms. The number of methoxy groups -OCH3 is 1. The van der Waals surface area contributed by atoms with E-state index < -0.39 is 18.0 Å². The first-order chi connectivity index (χ1) is 14.4. The number of aryl methyl sites for hydroxylation is 1. The van der Waals surface area contributed by atoms with Gasteiger partial charge in [0.05, 0.1) is 25.0 Å². The van der Waals surface area contributed by atoms with E-state index in [4.69, 9.17) is 22.1 Å². The maximum absolute atomic E-state index is 12.7. The summed E-state index contributed by atoms with van der Waals surface area (Å²) in [6, 6.07) is 15.6. The van der Waals surface area contributed by atoms with Gasteiger partial charge in [0.25, 0.3) is 5.91 Å². The van der Waals surface area contributed by atoms with Crippen molar-refractivity contribution in [3.05, 3.63) is 88.1 Å². The fraction of sp³-hybridized carbons (Fsp3) is 0.136. The summed E-state index contributed by atoms with van der Waals surface area (Å²) < 4.78 is 5.02. The minimum absolute atomic E-state index is 0.0698. The third-order valence-electron chi connectivity index (χ3n) is 4.40. The van der Waals surface area contributed by atoms with E-state index in [-0.39, 0.29) is 11.4 Å². The summed E-state index contributed by atoms with van der Waals surface area (Å²) in [4.78, 5) is 28.3. The smallest absolute Gasteiger partial charge is 0.320 e. The third-order valence-corrected chi connectivity index (χ3v) is 4.64. The highest BCUT2D eigenvalue weighted by Gasteiger charge is 2.19. The summed E-state index contributed by atoms with van der Waals surface area (Å²) in [5.41, 5.74) is 8.51. The number of carbonyl (C=O) groups is 2. The number of halogens is 1. The SMILES string of the molecule is COc1ncc(NC(=O)NC(c2cccc(C)c2)c2cccc(Cl)c2)cc1C(N)=O. The first kappa shape index (κ1) is 21.1. The second-order valence-corrected chi connectivity index (χ2v) is 7.08. The fourth-order valence-electron chi connectivity index (χ4n) is 3.05. The molecule has 7 nitrogen and oxygen atoms in total. The van der Waals surface area contributed by atoms with Crippen LogP contribution in [-0.2, 0) is 0 Å². The predicted molar refractivity (Wildman–Crippen MR) is 116 cm³/mol. The van der Waals surface area contributed by atoms with Crippen LogP contribution in [-0.4, -0.2) is 24.0 Å². The maximum atomic E-state index is 12.7. The van der Waals surface area contributed by atoms with Crippen molar-refractivity contribution in [1.29, 1.82) is 0 Å². The average molecular weight is 425 g/mol. The van der Waals surface area contributed by atoms with Crippen LogP contribution in [0.15, 0.2) is 60.8 Å². The zero-order valence-electron chi connectivity index (χ0n) is 16.5. The Morgan fingerprint density at radius 2 is 1.80 bits per heavy atom. The van der Waals surface area contributed by atoms with E-state index in [2.05, 4.69) is 15.6 Å². The van der Waals surface area contributed by atoms with Crippen LogP contribution in [0.2, 0.25) is 5.02 Å². The Bertz CT molecular complexity index is 1040. The summed E-state index contributed by atoms with van der Waals surface area (Å²) in [5.74, 6) is -0.620. The molecule has 3 rings (SSSR count). The number of ether oxygens (including phenoxy) is 1. The van der Waals surface area contributed by atoms with E-state index in [0.29, 0.717) is 10.7 Å². The van der Waals surface area contributed by atoms with E-state index >= 15 is 0 Å². The lowest BCUT2D eigenvalue weighted by Crippen LogP contribution is -2.33. The van der Waals surface area contributed by atoms with Gasteiger partial charge in [-0.2, -0.15) is 0 Å². The molecule has 0 saturated carbocycles. The largest absolute Gasteiger partial charge is 0.480 e. The molecule has 1 aromatic heterocycles. The third kappa shape index (κ3) is 5.07. The zero-order chi connectivity index (χ0) is 21.7. The van der Waals surface area contributed by atoms with Crippen LogP contribution in [0.1, 0.15) is 33.1 Å². The highest BCUT2D eigenvalue weighted by atomic mass is 35.5. The van der Waals surface area contributed by atoms with Crippen LogP contribution < -0.4 is 21.1 Å². The lowest BCUT2D eigenvalue weighted by atomic mass is 9.97. The van der Waals surface area contributed by atoms with Gasteiger partial charge in [-0.25, -0.2) is 9.78 Å². The molecule has 0 aliphatic heterocycles. The number of anilines is 1. The second-order valence-electron chi connectivity index (χ2n) is 6.65. The Morgan fingerprint density at radius 3 is 2.43 bits per heavy atom. The molecule has 2 aromatic carbocycles. The highest BCUT2D eigenvalue weighted by Crippen LogP contribution is 2.26. The molecule has 3 amide bonds. The summed E-state index contributed by atoms with van der Waals surface area (Å²) in [7, 11) is 1.38. The molecule has 4 N–H and O–H groups in total. The normalized spacial score (nSPS) is 11.4. The molecule has 1 heterocycles. The van der Waals surface area contributed by atoms with Crippen LogP contribution in [0.25, 0.3) is 0 Å². The van der Waals surface area contributed by atoms with Crippen molar-refractivity contribution in [3.63, 3.8) is 0 Å². The molecule has 1 unspecified atom stereocenters. The van der Waals surface area contributed by atoms with Crippen molar-refractivity contribution in [3.8, 4) is 5.88 Å². The molecule has 0 aliphatic carbocycles. The number of rotatable bonds is 6. The van der Waals surface area contributed by atoms with Gasteiger partial charge >= 0.3 is 6.03 Å². The van der Waals surface area contributed by atoms with Crippen molar-refractivity contribution >= 4 is 29.2 Å². The Morgan fingerprint density at radius 1 is 1.10 bits per heavy atom. The lowest BCUT2D eigenvalue weighted by Gasteiger charge is -2.21. The van der Waals surface area contributed by atoms with Gasteiger partial charge in [0, 0.05) is 5.02 Å². The van der Waals surface area contributed by atoms with Gasteiger partial charge in [-0.05, 0) is 36.2 Å². The Kier molecular flexibility index (Phi) is 6.54. The Labute approximate surface area is 179 Å². The van der Waals surface area contributed by atoms with Gasteiger partial charge in [-0.3, -0.25) is 4.79 Å². The van der Waals surface area contributed by atoms with Gasteiger partial charge in [0.2, 0.25) is 5.88 Å². The number of hydrogen-bond donors (Lipinski definition) is 3. The molecular formula is C22H21ClN4O3. The van der Waals surface area contributed by atoms with Gasteiger partial charge in [0.15, 0.2) is 0 Å². The maximum Gasteiger partial charge on any atom is 0.320 e. The number of nitrogens with two attached hydrogens (primary N) is 1. The molecule has 0 aliphatic rings. The van der Waals surface area contributed by atoms with Crippen molar-refractivity contribution in [2.24, 2.45) is 5.73 Å². The Balaban J connectivity index is 1.87. The number of nitrogens with one attached hydrogen (secondary N) is 2. The number of primary amides is 1. The molecule has 30 heavy (non-hydrogen) atoms. The van der Waals surface area contributed by atoms with E-state index in [9.17, 15) is 9.59 Å². The zero-order valence-corrected chi connectivity index (χ0v) is 17.2. The Hall–Kier alpha value is -3.58. The monoisotopic (exact) mass is 424 g/mol.